The number of aryl methyl sites for hydroxylation is 1. The maximum absolute atomic E-state index is 14.7. The number of nitrogens with one attached hydrogen (secondary N) is 1. The second-order valence-electron chi connectivity index (χ2n) is 7.57. The molecule has 6 N–H and O–H groups in total. The Kier molecular flexibility index (Phi) is 8.39. The molecule has 1 atom stereocenters. The molecule has 0 radical (unpaired) electrons. The molecule has 0 fully saturated rings. The number of ether oxygens (including phenoxy) is 2. The molecule has 1 aromatic carbocycles. The van der Waals surface area contributed by atoms with Crippen LogP contribution in [0.15, 0.2) is 35.5 Å². The monoisotopic (exact) mass is 504 g/mol. The molecular formula is C21H24F4N4O6. The first-order valence-electron chi connectivity index (χ1n) is 10.00. The summed E-state index contributed by atoms with van der Waals surface area (Å²) in [5.41, 5.74) is 2.96. The van der Waals surface area contributed by atoms with E-state index in [-0.39, 0.29) is 34.9 Å². The topological polar surface area (TPSA) is 160 Å². The number of aliphatic hydroxyl groups is 3. The third-order valence-electron chi connectivity index (χ3n) is 4.57. The molecule has 0 unspecified atom stereocenters. The molecule has 0 aliphatic carbocycles. The van der Waals surface area contributed by atoms with E-state index in [0.717, 1.165) is 18.3 Å². The number of pyridine rings is 1. The van der Waals surface area contributed by atoms with Gasteiger partial charge < -0.3 is 35.8 Å². The Labute approximate surface area is 197 Å². The predicted octanol–water partition coefficient (Wildman–Crippen LogP) is 1.92. The molecule has 192 valence electrons. The van der Waals surface area contributed by atoms with Crippen LogP contribution in [0.4, 0.5) is 23.2 Å². The van der Waals surface area contributed by atoms with Gasteiger partial charge in [0, 0.05) is 17.9 Å². The van der Waals surface area contributed by atoms with Crippen molar-refractivity contribution in [2.45, 2.75) is 38.6 Å². The zero-order valence-corrected chi connectivity index (χ0v) is 18.9. The fraction of sp³-hybridized carbons (Fsp3) is 0.381. The summed E-state index contributed by atoms with van der Waals surface area (Å²) < 4.78 is 63.3. The van der Waals surface area contributed by atoms with E-state index in [1.807, 2.05) is 0 Å². The molecule has 0 aliphatic heterocycles. The van der Waals surface area contributed by atoms with Crippen LogP contribution in [0.2, 0.25) is 0 Å². The van der Waals surface area contributed by atoms with E-state index in [4.69, 9.17) is 25.8 Å². The Bertz CT molecular complexity index is 1100. The zero-order valence-electron chi connectivity index (χ0n) is 18.9. The third-order valence-corrected chi connectivity index (χ3v) is 4.57. The van der Waals surface area contributed by atoms with Gasteiger partial charge in [-0.2, -0.15) is 13.2 Å². The number of amides is 1. The van der Waals surface area contributed by atoms with Crippen molar-refractivity contribution in [3.8, 4) is 5.75 Å². The highest BCUT2D eigenvalue weighted by molar-refractivity contribution is 6.03. The third kappa shape index (κ3) is 7.58. The zero-order chi connectivity index (χ0) is 26.6. The van der Waals surface area contributed by atoms with E-state index in [0.29, 0.717) is 0 Å². The van der Waals surface area contributed by atoms with Crippen LogP contribution in [0.3, 0.4) is 0 Å². The number of amidine groups is 1. The van der Waals surface area contributed by atoms with E-state index in [9.17, 15) is 22.4 Å². The molecule has 0 saturated heterocycles. The molecule has 2 rings (SSSR count). The van der Waals surface area contributed by atoms with E-state index in [2.05, 4.69) is 20.0 Å². The molecule has 0 bridgehead atoms. The van der Waals surface area contributed by atoms with Gasteiger partial charge in [-0.05, 0) is 50.6 Å². The summed E-state index contributed by atoms with van der Waals surface area (Å²) in [6.07, 6.45) is -7.46. The summed E-state index contributed by atoms with van der Waals surface area (Å²) in [4.78, 5) is 20.0. The average molecular weight is 504 g/mol. The maximum Gasteiger partial charge on any atom is 0.453 e. The van der Waals surface area contributed by atoms with Crippen LogP contribution in [0.1, 0.15) is 35.5 Å². The first-order valence-corrected chi connectivity index (χ1v) is 10.00. The maximum atomic E-state index is 14.7. The largest absolute Gasteiger partial charge is 0.453 e. The van der Waals surface area contributed by atoms with Gasteiger partial charge in [0.25, 0.3) is 5.91 Å². The van der Waals surface area contributed by atoms with E-state index < -0.39 is 42.0 Å². The molecule has 0 saturated carbocycles. The predicted molar refractivity (Wildman–Crippen MR) is 115 cm³/mol. The lowest BCUT2D eigenvalue weighted by molar-refractivity contribution is -0.419. The summed E-state index contributed by atoms with van der Waals surface area (Å²) in [5.74, 6) is -3.62. The van der Waals surface area contributed by atoms with Gasteiger partial charge in [-0.25, -0.2) is 9.37 Å². The molecule has 1 amide bonds. The Morgan fingerprint density at radius 2 is 1.89 bits per heavy atom. The van der Waals surface area contributed by atoms with Crippen molar-refractivity contribution in [3.05, 3.63) is 53.1 Å². The van der Waals surface area contributed by atoms with E-state index in [1.54, 1.807) is 6.92 Å². The highest BCUT2D eigenvalue weighted by atomic mass is 19.4. The summed E-state index contributed by atoms with van der Waals surface area (Å²) >= 11 is 0. The van der Waals surface area contributed by atoms with Crippen LogP contribution in [-0.4, -0.2) is 57.6 Å². The fourth-order valence-corrected chi connectivity index (χ4v) is 3.01. The van der Waals surface area contributed by atoms with Gasteiger partial charge >= 0.3 is 12.3 Å². The van der Waals surface area contributed by atoms with Crippen LogP contribution in [0, 0.1) is 12.7 Å². The molecule has 0 aliphatic rings. The number of halogens is 4. The number of benzene rings is 1. The second kappa shape index (κ2) is 10.5. The van der Waals surface area contributed by atoms with E-state index in [1.165, 1.54) is 26.0 Å². The van der Waals surface area contributed by atoms with Crippen molar-refractivity contribution in [2.24, 2.45) is 10.7 Å². The SMILES string of the molecule is CCOC[C@](C)(N=C(N)C(F)(F)F)c1cc(NC(=O)c2ncc(OC(O)(O)O)cc2C)ccc1F. The highest BCUT2D eigenvalue weighted by Crippen LogP contribution is 2.32. The number of anilines is 1. The highest BCUT2D eigenvalue weighted by Gasteiger charge is 2.38. The minimum absolute atomic E-state index is 0.0107. The van der Waals surface area contributed by atoms with Gasteiger partial charge in [-0.3, -0.25) is 9.79 Å². The van der Waals surface area contributed by atoms with Crippen LogP contribution >= 0.6 is 0 Å². The lowest BCUT2D eigenvalue weighted by Crippen LogP contribution is -2.37. The number of aliphatic imine (C=N–C) groups is 1. The van der Waals surface area contributed by atoms with Crippen molar-refractivity contribution in [2.75, 3.05) is 18.5 Å². The Morgan fingerprint density at radius 1 is 1.23 bits per heavy atom. The molecule has 0 spiro atoms. The average Bonchev–Trinajstić information content (AvgIpc) is 2.71. The lowest BCUT2D eigenvalue weighted by atomic mass is 9.92. The van der Waals surface area contributed by atoms with Crippen molar-refractivity contribution < 1.29 is 47.1 Å². The van der Waals surface area contributed by atoms with E-state index >= 15 is 0 Å². The summed E-state index contributed by atoms with van der Waals surface area (Å²) in [7, 11) is 0. The Morgan fingerprint density at radius 3 is 2.43 bits per heavy atom. The van der Waals surface area contributed by atoms with Crippen LogP contribution in [0.25, 0.3) is 0 Å². The van der Waals surface area contributed by atoms with Crippen LogP contribution in [-0.2, 0) is 10.3 Å². The number of alkyl halides is 3. The standard InChI is InChI=1S/C21H24F4N4O6/c1-4-34-10-19(3,29-18(26)20(23,24)25)14-8-12(5-6-15(14)22)28-17(30)16-11(2)7-13(9-27-16)35-21(31,32)33/h5-9,31-33H,4,10H2,1-3H3,(H2,26,29)(H,28,30)/t19-/m0/s1. The molecule has 2 aromatic rings. The molecule has 1 heterocycles. The Balaban J connectivity index is 2.39. The lowest BCUT2D eigenvalue weighted by Gasteiger charge is -2.27. The fourth-order valence-electron chi connectivity index (χ4n) is 3.01. The number of nitrogens with zero attached hydrogens (tertiary/aromatic N) is 2. The number of carbonyl (C=O) groups is 1. The minimum atomic E-state index is -4.95. The molecule has 35 heavy (non-hydrogen) atoms. The number of nitrogens with two attached hydrogens (primary N) is 1. The van der Waals surface area contributed by atoms with Gasteiger partial charge in [-0.1, -0.05) is 0 Å². The van der Waals surface area contributed by atoms with Crippen molar-refractivity contribution >= 4 is 17.4 Å². The molecule has 14 heteroatoms. The number of carbonyl (C=O) groups excluding carboxylic acids is 1. The number of aromatic nitrogens is 1. The summed E-state index contributed by atoms with van der Waals surface area (Å²) in [6, 6.07) is 4.40. The smallest absolute Gasteiger partial charge is 0.415 e. The van der Waals surface area contributed by atoms with Crippen LogP contribution in [0.5, 0.6) is 5.75 Å². The van der Waals surface area contributed by atoms with Crippen LogP contribution < -0.4 is 15.8 Å². The normalized spacial score (nSPS) is 14.4. The number of hydrogen-bond donors (Lipinski definition) is 5. The first-order chi connectivity index (χ1) is 16.1. The quantitative estimate of drug-likeness (QED) is 0.150. The Hall–Kier alpha value is -3.33. The molecule has 1 aromatic heterocycles. The van der Waals surface area contributed by atoms with Gasteiger partial charge in [0.05, 0.1) is 12.8 Å². The van der Waals surface area contributed by atoms with Crippen molar-refractivity contribution in [1.82, 2.24) is 4.98 Å². The summed E-state index contributed by atoms with van der Waals surface area (Å²) in [5, 5.41) is 29.0. The number of hydrogen-bond acceptors (Lipinski definition) is 8. The minimum Gasteiger partial charge on any atom is -0.415 e. The van der Waals surface area contributed by atoms with Gasteiger partial charge in [0.2, 0.25) is 5.84 Å². The summed E-state index contributed by atoms with van der Waals surface area (Å²) in [6.45, 7) is 3.92. The first kappa shape index (κ1) is 27.9. The molecular weight excluding hydrogens is 480 g/mol. The number of rotatable bonds is 9. The van der Waals surface area contributed by atoms with Gasteiger partial charge in [0.1, 0.15) is 22.8 Å². The van der Waals surface area contributed by atoms with Crippen molar-refractivity contribution in [1.29, 1.82) is 0 Å². The second-order valence-corrected chi connectivity index (χ2v) is 7.57. The van der Waals surface area contributed by atoms with Gasteiger partial charge in [0.15, 0.2) is 0 Å². The van der Waals surface area contributed by atoms with Crippen molar-refractivity contribution in [3.63, 3.8) is 0 Å². The molecule has 10 nitrogen and oxygen atoms in total. The van der Waals surface area contributed by atoms with Gasteiger partial charge in [-0.15, -0.1) is 0 Å².